The molecular weight excluding hydrogens is 332 g/mol. The van der Waals surface area contributed by atoms with E-state index in [1.807, 2.05) is 6.07 Å². The first-order valence-corrected chi connectivity index (χ1v) is 7.94. The largest absolute Gasteiger partial charge is 0.497 e. The van der Waals surface area contributed by atoms with Crippen LogP contribution in [0.25, 0.3) is 23.2 Å². The summed E-state index contributed by atoms with van der Waals surface area (Å²) in [7, 11) is 4.62. The number of methoxy groups -OCH3 is 2. The van der Waals surface area contributed by atoms with Crippen molar-refractivity contribution in [3.05, 3.63) is 69.6 Å². The van der Waals surface area contributed by atoms with Gasteiger partial charge in [0.2, 0.25) is 0 Å². The van der Waals surface area contributed by atoms with Gasteiger partial charge in [-0.25, -0.2) is 9.78 Å². The lowest BCUT2D eigenvalue weighted by Crippen LogP contribution is -2.21. The summed E-state index contributed by atoms with van der Waals surface area (Å²) in [6, 6.07) is 12.3. The molecule has 0 aliphatic heterocycles. The van der Waals surface area contributed by atoms with Gasteiger partial charge in [0.05, 0.1) is 30.8 Å². The van der Waals surface area contributed by atoms with Crippen molar-refractivity contribution in [1.29, 1.82) is 0 Å². The van der Waals surface area contributed by atoms with Gasteiger partial charge in [-0.3, -0.25) is 4.79 Å². The van der Waals surface area contributed by atoms with Crippen molar-refractivity contribution in [1.82, 2.24) is 9.55 Å². The van der Waals surface area contributed by atoms with Crippen LogP contribution in [0.5, 0.6) is 5.75 Å². The molecule has 6 heteroatoms. The highest BCUT2D eigenvalue weighted by atomic mass is 16.5. The first-order valence-electron chi connectivity index (χ1n) is 7.94. The Labute approximate surface area is 150 Å². The number of fused-ring (bicyclic) bond motifs is 1. The summed E-state index contributed by atoms with van der Waals surface area (Å²) in [4.78, 5) is 28.4. The van der Waals surface area contributed by atoms with Crippen LogP contribution in [0, 0.1) is 0 Å². The van der Waals surface area contributed by atoms with Gasteiger partial charge in [-0.1, -0.05) is 18.2 Å². The number of aromatic nitrogens is 2. The summed E-state index contributed by atoms with van der Waals surface area (Å²) in [6.07, 6.45) is 3.44. The average Bonchev–Trinajstić information content (AvgIpc) is 2.69. The van der Waals surface area contributed by atoms with Crippen molar-refractivity contribution >= 4 is 29.2 Å². The predicted molar refractivity (Wildman–Crippen MR) is 100 cm³/mol. The maximum atomic E-state index is 12.5. The number of ether oxygens (including phenoxy) is 2. The Morgan fingerprint density at radius 2 is 1.81 bits per heavy atom. The summed E-state index contributed by atoms with van der Waals surface area (Å²) < 4.78 is 11.4. The van der Waals surface area contributed by atoms with Crippen LogP contribution in [-0.2, 0) is 11.8 Å². The molecule has 2 aromatic carbocycles. The standard InChI is InChI=1S/C20H18N2O4/c1-22-18-12-15(25-2)9-11-16(18)21-17(19(22)23)10-6-13-4-7-14(8-5-13)20(24)26-3/h4-12H,1-3H3/b10-6+. The molecule has 132 valence electrons. The Morgan fingerprint density at radius 1 is 1.08 bits per heavy atom. The molecule has 1 aromatic heterocycles. The summed E-state index contributed by atoms with van der Waals surface area (Å²) in [5.74, 6) is 0.282. The molecule has 0 radical (unpaired) electrons. The molecule has 6 nitrogen and oxygen atoms in total. The van der Waals surface area contributed by atoms with E-state index in [-0.39, 0.29) is 11.5 Å². The molecule has 0 saturated carbocycles. The van der Waals surface area contributed by atoms with Crippen LogP contribution in [0.2, 0.25) is 0 Å². The van der Waals surface area contributed by atoms with Gasteiger partial charge in [-0.2, -0.15) is 0 Å². The third kappa shape index (κ3) is 3.35. The van der Waals surface area contributed by atoms with Crippen molar-refractivity contribution in [2.24, 2.45) is 7.05 Å². The molecule has 0 fully saturated rings. The quantitative estimate of drug-likeness (QED) is 0.677. The lowest BCUT2D eigenvalue weighted by molar-refractivity contribution is 0.0600. The van der Waals surface area contributed by atoms with Crippen molar-refractivity contribution < 1.29 is 14.3 Å². The number of hydrogen-bond donors (Lipinski definition) is 0. The average molecular weight is 350 g/mol. The monoisotopic (exact) mass is 350 g/mol. The highest BCUT2D eigenvalue weighted by molar-refractivity contribution is 5.89. The highest BCUT2D eigenvalue weighted by Crippen LogP contribution is 2.18. The predicted octanol–water partition coefficient (Wildman–Crippen LogP) is 2.90. The summed E-state index contributed by atoms with van der Waals surface area (Å²) in [6.45, 7) is 0. The second-order valence-corrected chi connectivity index (χ2v) is 5.66. The van der Waals surface area contributed by atoms with Crippen LogP contribution in [0.1, 0.15) is 21.6 Å². The molecule has 0 N–H and O–H groups in total. The number of carbonyl (C=O) groups excluding carboxylic acids is 1. The fraction of sp³-hybridized carbons (Fsp3) is 0.150. The summed E-state index contributed by atoms with van der Waals surface area (Å²) in [5.41, 5.74) is 2.85. The van der Waals surface area contributed by atoms with E-state index in [9.17, 15) is 9.59 Å². The molecule has 26 heavy (non-hydrogen) atoms. The van der Waals surface area contributed by atoms with E-state index in [0.717, 1.165) is 5.56 Å². The minimum atomic E-state index is -0.388. The van der Waals surface area contributed by atoms with Crippen molar-refractivity contribution in [3.8, 4) is 5.75 Å². The molecule has 0 atom stereocenters. The molecule has 0 aliphatic rings. The van der Waals surface area contributed by atoms with E-state index in [1.165, 1.54) is 7.11 Å². The maximum Gasteiger partial charge on any atom is 0.337 e. The Kier molecular flexibility index (Phi) is 4.84. The second-order valence-electron chi connectivity index (χ2n) is 5.66. The maximum absolute atomic E-state index is 12.5. The van der Waals surface area contributed by atoms with E-state index in [4.69, 9.17) is 4.74 Å². The Hall–Kier alpha value is -3.41. The van der Waals surface area contributed by atoms with Gasteiger partial charge in [0.1, 0.15) is 11.4 Å². The number of aryl methyl sites for hydroxylation is 1. The van der Waals surface area contributed by atoms with Crippen LogP contribution in [0.3, 0.4) is 0 Å². The van der Waals surface area contributed by atoms with Gasteiger partial charge >= 0.3 is 5.97 Å². The van der Waals surface area contributed by atoms with Gasteiger partial charge in [0.25, 0.3) is 5.56 Å². The van der Waals surface area contributed by atoms with Crippen molar-refractivity contribution in [3.63, 3.8) is 0 Å². The number of rotatable bonds is 4. The van der Waals surface area contributed by atoms with Crippen LogP contribution >= 0.6 is 0 Å². The Balaban J connectivity index is 1.95. The van der Waals surface area contributed by atoms with Gasteiger partial charge in [0.15, 0.2) is 0 Å². The summed E-state index contributed by atoms with van der Waals surface area (Å²) >= 11 is 0. The molecule has 0 bridgehead atoms. The second kappa shape index (κ2) is 7.23. The highest BCUT2D eigenvalue weighted by Gasteiger charge is 2.08. The lowest BCUT2D eigenvalue weighted by atomic mass is 10.1. The minimum absolute atomic E-state index is 0.201. The minimum Gasteiger partial charge on any atom is -0.497 e. The molecule has 1 heterocycles. The van der Waals surface area contributed by atoms with Crippen LogP contribution < -0.4 is 10.3 Å². The Bertz CT molecular complexity index is 1050. The zero-order chi connectivity index (χ0) is 18.7. The molecular formula is C20H18N2O4. The van der Waals surface area contributed by atoms with E-state index in [2.05, 4.69) is 9.72 Å². The van der Waals surface area contributed by atoms with Crippen molar-refractivity contribution in [2.75, 3.05) is 14.2 Å². The lowest BCUT2D eigenvalue weighted by Gasteiger charge is -2.07. The first-order chi connectivity index (χ1) is 12.5. The zero-order valence-corrected chi connectivity index (χ0v) is 14.7. The SMILES string of the molecule is COC(=O)c1ccc(/C=C/c2nc3ccc(OC)cc3n(C)c2=O)cc1. The number of hydrogen-bond acceptors (Lipinski definition) is 5. The van der Waals surface area contributed by atoms with E-state index < -0.39 is 0 Å². The molecule has 0 saturated heterocycles. The molecule has 0 unspecified atom stereocenters. The number of carbonyl (C=O) groups is 1. The number of benzene rings is 2. The Morgan fingerprint density at radius 3 is 2.46 bits per heavy atom. The third-order valence-electron chi connectivity index (χ3n) is 4.07. The smallest absolute Gasteiger partial charge is 0.337 e. The van der Waals surface area contributed by atoms with Crippen LogP contribution in [-0.4, -0.2) is 29.7 Å². The van der Waals surface area contributed by atoms with Crippen molar-refractivity contribution in [2.45, 2.75) is 0 Å². The van der Waals surface area contributed by atoms with Gasteiger partial charge in [-0.15, -0.1) is 0 Å². The number of nitrogens with zero attached hydrogens (tertiary/aromatic N) is 2. The van der Waals surface area contributed by atoms with Gasteiger partial charge < -0.3 is 14.0 Å². The van der Waals surface area contributed by atoms with Crippen LogP contribution in [0.4, 0.5) is 0 Å². The molecule has 3 aromatic rings. The topological polar surface area (TPSA) is 70.4 Å². The molecule has 0 amide bonds. The van der Waals surface area contributed by atoms with E-state index in [1.54, 1.807) is 67.3 Å². The van der Waals surface area contributed by atoms with Gasteiger partial charge in [-0.05, 0) is 35.9 Å². The van der Waals surface area contributed by atoms with Crippen LogP contribution in [0.15, 0.2) is 47.3 Å². The van der Waals surface area contributed by atoms with Gasteiger partial charge in [0, 0.05) is 13.1 Å². The number of esters is 1. The first kappa shape index (κ1) is 17.4. The molecule has 0 spiro atoms. The zero-order valence-electron chi connectivity index (χ0n) is 14.7. The third-order valence-corrected chi connectivity index (χ3v) is 4.07. The fourth-order valence-corrected chi connectivity index (χ4v) is 2.58. The van der Waals surface area contributed by atoms with E-state index >= 15 is 0 Å². The van der Waals surface area contributed by atoms with E-state index in [0.29, 0.717) is 28.0 Å². The molecule has 0 aliphatic carbocycles. The normalized spacial score (nSPS) is 11.0. The summed E-state index contributed by atoms with van der Waals surface area (Å²) in [5, 5.41) is 0. The molecule has 3 rings (SSSR count). The fourth-order valence-electron chi connectivity index (χ4n) is 2.58.